The molecule has 3 rings (SSSR count). The molecule has 2 aromatic rings. The number of hydrogen-bond donors (Lipinski definition) is 0. The van der Waals surface area contributed by atoms with Gasteiger partial charge in [0.25, 0.3) is 0 Å². The van der Waals surface area contributed by atoms with Gasteiger partial charge in [0, 0.05) is 0 Å². The first kappa shape index (κ1) is 23.3. The van der Waals surface area contributed by atoms with E-state index >= 15 is 0 Å². The first-order chi connectivity index (χ1) is 13.1. The van der Waals surface area contributed by atoms with Gasteiger partial charge in [-0.1, -0.05) is 12.1 Å². The van der Waals surface area contributed by atoms with Crippen molar-refractivity contribution in [2.24, 2.45) is 0 Å². The van der Waals surface area contributed by atoms with E-state index in [0.717, 1.165) is 0 Å². The Morgan fingerprint density at radius 1 is 0.793 bits per heavy atom. The summed E-state index contributed by atoms with van der Waals surface area (Å²) in [4.78, 5) is 0. The fraction of sp³-hybridized carbons (Fsp3) is 0.412. The summed E-state index contributed by atoms with van der Waals surface area (Å²) in [5.74, 6) is 0. The molecule has 0 radical (unpaired) electrons. The van der Waals surface area contributed by atoms with Crippen molar-refractivity contribution in [2.75, 3.05) is 0 Å². The summed E-state index contributed by atoms with van der Waals surface area (Å²) >= 11 is 0. The van der Waals surface area contributed by atoms with Gasteiger partial charge in [0.05, 0.1) is 11.2 Å². The van der Waals surface area contributed by atoms with Gasteiger partial charge in [-0.05, 0) is 52.0 Å². The minimum Gasteiger partial charge on any atom is -0.741 e. The van der Waals surface area contributed by atoms with Crippen LogP contribution in [-0.4, -0.2) is 36.5 Å². The van der Waals surface area contributed by atoms with E-state index in [4.69, 9.17) is 22.3 Å². The maximum atomic E-state index is 10.7. The van der Waals surface area contributed by atoms with Gasteiger partial charge in [0.2, 0.25) is 0 Å². The lowest BCUT2D eigenvalue weighted by molar-refractivity contribution is -0.726. The van der Waals surface area contributed by atoms with Gasteiger partial charge in [0.15, 0.2) is 10.1 Å². The second-order valence-electron chi connectivity index (χ2n) is 7.43. The molecule has 1 saturated heterocycles. The van der Waals surface area contributed by atoms with Gasteiger partial charge in [-0.25, -0.2) is 8.42 Å². The lowest BCUT2D eigenvalue weighted by Crippen LogP contribution is -2.83. The van der Waals surface area contributed by atoms with Gasteiger partial charge < -0.3 is 13.9 Å². The fourth-order valence-electron chi connectivity index (χ4n) is 2.73. The Hall–Kier alpha value is -2.02. The fourth-order valence-corrected chi connectivity index (χ4v) is 2.73. The van der Waals surface area contributed by atoms with Gasteiger partial charge in [-0.15, -0.1) is 0 Å². The second-order valence-corrected chi connectivity index (χ2v) is 8.81. The van der Waals surface area contributed by atoms with Gasteiger partial charge >= 0.3 is 12.3 Å². The summed E-state index contributed by atoms with van der Waals surface area (Å²) in [6.07, 6.45) is 7.93. The molecule has 0 aromatic carbocycles. The topological polar surface area (TPSA) is 83.4 Å². The molecule has 0 amide bonds. The number of halogens is 3. The average molecular weight is 434 g/mol. The molecule has 3 heterocycles. The smallest absolute Gasteiger partial charge is 0.741 e. The number of aromatic nitrogens is 2. The monoisotopic (exact) mass is 434 g/mol. The van der Waals surface area contributed by atoms with E-state index in [0.29, 0.717) is 0 Å². The molecule has 1 aliphatic heterocycles. The molecule has 0 bridgehead atoms. The molecule has 0 spiro atoms. The summed E-state index contributed by atoms with van der Waals surface area (Å²) < 4.78 is 75.9. The molecule has 0 aliphatic carbocycles. The van der Waals surface area contributed by atoms with Crippen molar-refractivity contribution in [1.29, 1.82) is 0 Å². The Labute approximate surface area is 167 Å². The van der Waals surface area contributed by atoms with Crippen molar-refractivity contribution in [1.82, 2.24) is 0 Å². The van der Waals surface area contributed by atoms with E-state index in [1.807, 2.05) is 70.1 Å². The first-order valence-corrected chi connectivity index (χ1v) is 10.0. The predicted octanol–water partition coefficient (Wildman–Crippen LogP) is 1.75. The third-order valence-corrected chi connectivity index (χ3v) is 5.43. The van der Waals surface area contributed by atoms with Crippen LogP contribution in [0.2, 0.25) is 0 Å². The van der Waals surface area contributed by atoms with Gasteiger partial charge in [0.1, 0.15) is 24.8 Å². The molecule has 7 nitrogen and oxygen atoms in total. The van der Waals surface area contributed by atoms with Crippen LogP contribution in [0.4, 0.5) is 13.2 Å². The Morgan fingerprint density at radius 2 is 1.07 bits per heavy atom. The third kappa shape index (κ3) is 4.77. The first-order valence-electron chi connectivity index (χ1n) is 8.62. The minimum atomic E-state index is -6.09. The Bertz CT molecular complexity index is 881. The third-order valence-electron chi connectivity index (χ3n) is 4.86. The molecule has 0 N–H and O–H groups in total. The van der Waals surface area contributed by atoms with Crippen LogP contribution in [0.25, 0.3) is 0 Å². The molecular formula is C17H22BF3N2O5S. The zero-order valence-corrected chi connectivity index (χ0v) is 17.1. The number of rotatable bonds is 2. The van der Waals surface area contributed by atoms with Crippen LogP contribution in [0.3, 0.4) is 0 Å². The van der Waals surface area contributed by atoms with Crippen molar-refractivity contribution in [3.63, 3.8) is 0 Å². The highest BCUT2D eigenvalue weighted by molar-refractivity contribution is 7.86. The van der Waals surface area contributed by atoms with E-state index in [1.165, 1.54) is 0 Å². The highest BCUT2D eigenvalue weighted by Crippen LogP contribution is 2.38. The average Bonchev–Trinajstić information content (AvgIpc) is 2.81. The summed E-state index contributed by atoms with van der Waals surface area (Å²) in [5.41, 5.74) is -6.45. The van der Waals surface area contributed by atoms with Crippen molar-refractivity contribution in [2.45, 2.75) is 44.4 Å². The van der Waals surface area contributed by atoms with Gasteiger partial charge in [-0.3, -0.25) is 8.96 Å². The van der Waals surface area contributed by atoms with Gasteiger partial charge in [-0.2, -0.15) is 13.2 Å². The minimum absolute atomic E-state index is 0.404. The lowest BCUT2D eigenvalue weighted by Gasteiger charge is -2.34. The van der Waals surface area contributed by atoms with E-state index in [-0.39, 0.29) is 0 Å². The molecule has 1 fully saturated rings. The SMILES string of the molecule is CC1(C)O[B-]([n+]2ccccc2)([n+]2ccccc2)OC1(C)C.O=S(=O)([O-])C(F)(F)F. The zero-order chi connectivity index (χ0) is 22.1. The van der Waals surface area contributed by atoms with Crippen LogP contribution >= 0.6 is 0 Å². The molecular weight excluding hydrogens is 412 g/mol. The van der Waals surface area contributed by atoms with Crippen LogP contribution in [0.1, 0.15) is 27.7 Å². The maximum Gasteiger partial charge on any atom is 0.848 e. The summed E-state index contributed by atoms with van der Waals surface area (Å²) in [6.45, 7) is 6.46. The highest BCUT2D eigenvalue weighted by Gasteiger charge is 2.69. The summed E-state index contributed by atoms with van der Waals surface area (Å²) in [5, 5.41) is 0. The molecule has 0 unspecified atom stereocenters. The largest absolute Gasteiger partial charge is 0.848 e. The molecule has 0 saturated carbocycles. The quantitative estimate of drug-likeness (QED) is 0.409. The van der Waals surface area contributed by atoms with Crippen molar-refractivity contribution in [3.05, 3.63) is 61.2 Å². The van der Waals surface area contributed by atoms with Crippen molar-refractivity contribution < 1.29 is 44.4 Å². The highest BCUT2D eigenvalue weighted by atomic mass is 32.2. The number of nitrogens with zero attached hydrogens (tertiary/aromatic N) is 2. The van der Waals surface area contributed by atoms with E-state index in [2.05, 4.69) is 27.7 Å². The number of pyridine rings is 2. The standard InChI is InChI=1S/C16H22BN2O2.CHF3O3S/c1-15(2)16(3,4)21-17(20-15,18-11-7-5-8-12-18)19-13-9-6-10-14-19;2-1(3,4)8(5,6)7/h5-14H,1-4H3;(H,5,6,7)/q+1;/p-1. The Kier molecular flexibility index (Phi) is 6.15. The molecule has 12 heteroatoms. The Morgan fingerprint density at radius 3 is 1.31 bits per heavy atom. The van der Waals surface area contributed by atoms with E-state index in [9.17, 15) is 13.2 Å². The van der Waals surface area contributed by atoms with Crippen LogP contribution in [-0.2, 0) is 19.4 Å². The molecule has 0 atom stereocenters. The normalized spacial score (nSPS) is 19.9. The zero-order valence-electron chi connectivity index (χ0n) is 16.3. The number of alkyl halides is 3. The van der Waals surface area contributed by atoms with E-state index in [1.54, 1.807) is 0 Å². The van der Waals surface area contributed by atoms with Crippen molar-refractivity contribution in [3.8, 4) is 0 Å². The molecule has 1 aliphatic rings. The number of hydrogen-bond acceptors (Lipinski definition) is 5. The van der Waals surface area contributed by atoms with Crippen LogP contribution in [0, 0.1) is 0 Å². The van der Waals surface area contributed by atoms with E-state index < -0.39 is 33.7 Å². The summed E-state index contributed by atoms with van der Waals surface area (Å²) in [6, 6.07) is 11.9. The van der Waals surface area contributed by atoms with Crippen LogP contribution in [0.5, 0.6) is 0 Å². The van der Waals surface area contributed by atoms with Crippen molar-refractivity contribution >= 4 is 16.9 Å². The van der Waals surface area contributed by atoms with Crippen LogP contribution in [0.15, 0.2) is 61.2 Å². The molecule has 2 aromatic heterocycles. The Balaban J connectivity index is 0.000000321. The predicted molar refractivity (Wildman–Crippen MR) is 95.9 cm³/mol. The summed E-state index contributed by atoms with van der Waals surface area (Å²) in [7, 11) is -6.09. The van der Waals surface area contributed by atoms with Crippen LogP contribution < -0.4 is 8.96 Å². The maximum absolute atomic E-state index is 10.7. The molecule has 160 valence electrons. The lowest BCUT2D eigenvalue weighted by atomic mass is 9.87. The second kappa shape index (κ2) is 7.67. The molecule has 29 heavy (non-hydrogen) atoms.